The summed E-state index contributed by atoms with van der Waals surface area (Å²) in [6.07, 6.45) is 5.73. The number of nitrogens with zero attached hydrogens (tertiary/aromatic N) is 3. The smallest absolute Gasteiger partial charge is 0.483 e. The van der Waals surface area contributed by atoms with Crippen LogP contribution in [0.5, 0.6) is 11.5 Å². The summed E-state index contributed by atoms with van der Waals surface area (Å²) in [6.45, 7) is 4.53. The second kappa shape index (κ2) is 14.7. The topological polar surface area (TPSA) is 164 Å². The van der Waals surface area contributed by atoms with Crippen molar-refractivity contribution in [3.05, 3.63) is 41.6 Å². The number of amides is 4. The summed E-state index contributed by atoms with van der Waals surface area (Å²) in [7, 11) is -4.03. The van der Waals surface area contributed by atoms with Crippen molar-refractivity contribution in [2.75, 3.05) is 19.6 Å². The van der Waals surface area contributed by atoms with Gasteiger partial charge in [0.2, 0.25) is 27.7 Å². The third kappa shape index (κ3) is 7.74. The van der Waals surface area contributed by atoms with Crippen LogP contribution in [-0.2, 0) is 35.6 Å². The van der Waals surface area contributed by atoms with Gasteiger partial charge in [0.05, 0.1) is 22.5 Å². The van der Waals surface area contributed by atoms with E-state index in [-0.39, 0.29) is 37.6 Å². The van der Waals surface area contributed by atoms with Crippen LogP contribution < -0.4 is 19.5 Å². The van der Waals surface area contributed by atoms with E-state index in [1.165, 1.54) is 23.1 Å². The lowest BCUT2D eigenvalue weighted by Crippen LogP contribution is -2.57. The monoisotopic (exact) mass is 829 g/mol. The fraction of sp³-hybridized carbons (Fsp3) is 0.634. The van der Waals surface area contributed by atoms with Gasteiger partial charge in [-0.05, 0) is 96.3 Å². The van der Waals surface area contributed by atoms with Gasteiger partial charge in [-0.3, -0.25) is 23.9 Å². The molecule has 2 saturated heterocycles. The highest BCUT2D eigenvalue weighted by Crippen LogP contribution is 2.49. The Labute approximate surface area is 335 Å². The molecule has 5 heterocycles. The molecule has 2 aromatic rings. The van der Waals surface area contributed by atoms with E-state index < -0.39 is 67.7 Å². The molecule has 2 saturated carbocycles. The molecule has 4 fully saturated rings. The lowest BCUT2D eigenvalue weighted by atomic mass is 9.87. The summed E-state index contributed by atoms with van der Waals surface area (Å²) >= 11 is 0. The minimum absolute atomic E-state index is 0.0113. The maximum Gasteiger partial charge on any atom is 0.573 e. The first-order valence-electron chi connectivity index (χ1n) is 20.4. The van der Waals surface area contributed by atoms with Crippen molar-refractivity contribution in [3.63, 3.8) is 0 Å². The zero-order valence-corrected chi connectivity index (χ0v) is 33.6. The highest BCUT2D eigenvalue weighted by molar-refractivity contribution is 7.91. The highest BCUT2D eigenvalue weighted by atomic mass is 32.2. The number of benzene rings is 1. The highest BCUT2D eigenvalue weighted by Gasteiger charge is 2.64. The number of alkyl halides is 3. The molecule has 1 aromatic carbocycles. The van der Waals surface area contributed by atoms with E-state index in [2.05, 4.69) is 19.8 Å². The van der Waals surface area contributed by atoms with Crippen molar-refractivity contribution in [1.29, 1.82) is 0 Å². The van der Waals surface area contributed by atoms with Crippen LogP contribution in [0.4, 0.5) is 13.2 Å². The van der Waals surface area contributed by atoms with Gasteiger partial charge in [-0.1, -0.05) is 25.0 Å². The van der Waals surface area contributed by atoms with E-state index in [9.17, 15) is 40.8 Å². The van der Waals surface area contributed by atoms with E-state index in [0.29, 0.717) is 85.9 Å². The number of rotatable bonds is 6. The van der Waals surface area contributed by atoms with E-state index >= 15 is 0 Å². The molecule has 1 aromatic heterocycles. The van der Waals surface area contributed by atoms with Gasteiger partial charge in [-0.15, -0.1) is 13.2 Å². The van der Waals surface area contributed by atoms with Crippen LogP contribution in [0.2, 0.25) is 0 Å². The summed E-state index contributed by atoms with van der Waals surface area (Å²) in [5.41, 5.74) is -1.11. The maximum atomic E-state index is 14.9. The summed E-state index contributed by atoms with van der Waals surface area (Å²) in [6, 6.07) is 2.79. The Kier molecular flexibility index (Phi) is 10.2. The number of carbonyl (C=O) groups excluding carboxylic acids is 4. The number of halogens is 3. The molecule has 17 heteroatoms. The standard InChI is InChI=1S/C41H50F3N5O8S/c1-25-34-29(30-21-28(56-41(42,43)44)12-13-31(30)45-25)14-15-39(57-34)23-32-35(51)46-40(37(53)47-58(54,55)38(2)16-17-38)22-27(40)11-7-5-3-4-6-10-26(36(52)49(32)24-39)20-33(50)48-18-8-9-19-48/h7,11-13,21,26-27,32H,3-6,8-10,14-20,22-24H2,1-2H3,(H,46,51)(H,47,53)/b11-7-/t26-,27-,32+,39-,40-/m1/s1. The molecule has 4 amide bonds. The molecular weight excluding hydrogens is 780 g/mol. The van der Waals surface area contributed by atoms with Gasteiger partial charge < -0.3 is 24.6 Å². The molecule has 6 aliphatic rings. The van der Waals surface area contributed by atoms with E-state index in [1.807, 2.05) is 12.2 Å². The van der Waals surface area contributed by atoms with Crippen molar-refractivity contribution in [2.24, 2.45) is 11.8 Å². The number of hydrogen-bond donors (Lipinski definition) is 2. The van der Waals surface area contributed by atoms with E-state index in [4.69, 9.17) is 4.74 Å². The number of fused-ring (bicyclic) bond motifs is 5. The third-order valence-electron chi connectivity index (χ3n) is 13.2. The lowest BCUT2D eigenvalue weighted by Gasteiger charge is -2.37. The fourth-order valence-electron chi connectivity index (χ4n) is 9.31. The molecule has 314 valence electrons. The first-order valence-corrected chi connectivity index (χ1v) is 21.9. The van der Waals surface area contributed by atoms with Crippen molar-refractivity contribution in [1.82, 2.24) is 24.8 Å². The Morgan fingerprint density at radius 3 is 2.55 bits per heavy atom. The van der Waals surface area contributed by atoms with Gasteiger partial charge in [0.1, 0.15) is 28.7 Å². The van der Waals surface area contributed by atoms with Crippen LogP contribution in [0.25, 0.3) is 10.9 Å². The third-order valence-corrected chi connectivity index (χ3v) is 15.3. The number of ether oxygens (including phenoxy) is 2. The maximum absolute atomic E-state index is 14.9. The van der Waals surface area contributed by atoms with Crippen LogP contribution in [0.3, 0.4) is 0 Å². The minimum atomic E-state index is -4.89. The molecule has 0 bridgehead atoms. The molecule has 1 spiro atoms. The SMILES string of the molecule is Cc1nc2ccc(OC(F)(F)F)cc2c2c1O[C@]1(CC2)C[C@H]2C(=O)N[C@]3(C(=O)NS(=O)(=O)C4(C)CC4)C[C@H]3/C=C\CCCCC[C@H](CC(=O)N3CCCC3)C(=O)N2C1. The summed E-state index contributed by atoms with van der Waals surface area (Å²) < 4.78 is 78.1. The molecule has 0 radical (unpaired) electrons. The van der Waals surface area contributed by atoms with Gasteiger partial charge in [-0.25, -0.2) is 13.4 Å². The molecule has 4 aliphatic heterocycles. The van der Waals surface area contributed by atoms with Gasteiger partial charge in [0.15, 0.2) is 0 Å². The lowest BCUT2D eigenvalue weighted by molar-refractivity contribution is -0.274. The van der Waals surface area contributed by atoms with Crippen LogP contribution in [0, 0.1) is 18.8 Å². The molecule has 13 nitrogen and oxygen atoms in total. The van der Waals surface area contributed by atoms with Crippen molar-refractivity contribution in [3.8, 4) is 11.5 Å². The van der Waals surface area contributed by atoms with Gasteiger partial charge in [0, 0.05) is 48.7 Å². The number of allylic oxidation sites excluding steroid dienone is 1. The predicted molar refractivity (Wildman–Crippen MR) is 205 cm³/mol. The quantitative estimate of drug-likeness (QED) is 0.376. The second-order valence-electron chi connectivity index (χ2n) is 17.4. The number of sulfonamides is 1. The van der Waals surface area contributed by atoms with E-state index in [0.717, 1.165) is 25.7 Å². The van der Waals surface area contributed by atoms with Crippen LogP contribution in [-0.4, -0.2) is 94.8 Å². The Bertz CT molecular complexity index is 2170. The largest absolute Gasteiger partial charge is 0.573 e. The molecule has 2 N–H and O–H groups in total. The van der Waals surface area contributed by atoms with Gasteiger partial charge in [0.25, 0.3) is 5.91 Å². The number of hydrogen-bond acceptors (Lipinski definition) is 9. The number of pyridine rings is 1. The predicted octanol–water partition coefficient (Wildman–Crippen LogP) is 5.13. The average Bonchev–Trinajstić information content (AvgIpc) is 3.93. The molecule has 0 unspecified atom stereocenters. The Balaban J connectivity index is 1.13. The number of nitrogens with one attached hydrogen (secondary N) is 2. The minimum Gasteiger partial charge on any atom is -0.483 e. The van der Waals surface area contributed by atoms with Crippen molar-refractivity contribution >= 4 is 44.6 Å². The summed E-state index contributed by atoms with van der Waals surface area (Å²) in [5, 5.41) is 3.34. The average molecular weight is 830 g/mol. The van der Waals surface area contributed by atoms with Crippen LogP contribution in [0.15, 0.2) is 30.4 Å². The van der Waals surface area contributed by atoms with Crippen LogP contribution >= 0.6 is 0 Å². The Hall–Kier alpha value is -4.41. The normalized spacial score (nSPS) is 30.3. The van der Waals surface area contributed by atoms with E-state index in [1.54, 1.807) is 18.7 Å². The molecule has 58 heavy (non-hydrogen) atoms. The fourth-order valence-corrected chi connectivity index (χ4v) is 10.6. The number of aryl methyl sites for hydroxylation is 2. The summed E-state index contributed by atoms with van der Waals surface area (Å²) in [4.78, 5) is 64.9. The van der Waals surface area contributed by atoms with Crippen molar-refractivity contribution < 1.29 is 50.2 Å². The zero-order chi connectivity index (χ0) is 41.3. The molecular formula is C41H50F3N5O8S. The second-order valence-corrected chi connectivity index (χ2v) is 19.6. The molecule has 2 aliphatic carbocycles. The summed E-state index contributed by atoms with van der Waals surface area (Å²) in [5.74, 6) is -3.18. The van der Waals surface area contributed by atoms with Crippen LogP contribution in [0.1, 0.15) is 102 Å². The molecule has 8 rings (SSSR count). The van der Waals surface area contributed by atoms with Gasteiger partial charge >= 0.3 is 6.36 Å². The molecule has 5 atom stereocenters. The van der Waals surface area contributed by atoms with Crippen molar-refractivity contribution in [2.45, 2.75) is 132 Å². The zero-order valence-electron chi connectivity index (χ0n) is 32.8. The first kappa shape index (κ1) is 40.4. The Morgan fingerprint density at radius 1 is 1.07 bits per heavy atom. The number of aromatic nitrogens is 1. The number of likely N-dealkylation sites (tertiary alicyclic amines) is 1. The number of carbonyl (C=O) groups is 4. The first-order chi connectivity index (χ1) is 27.4. The Morgan fingerprint density at radius 2 is 1.83 bits per heavy atom. The van der Waals surface area contributed by atoms with Gasteiger partial charge in [-0.2, -0.15) is 0 Å².